The van der Waals surface area contributed by atoms with E-state index in [-0.39, 0.29) is 0 Å². The van der Waals surface area contributed by atoms with Crippen molar-refractivity contribution < 1.29 is 0 Å². The third kappa shape index (κ3) is 6.42. The lowest BCUT2D eigenvalue weighted by atomic mass is 10.1. The maximum Gasteiger partial charge on any atom is 0.0570 e. The Morgan fingerprint density at radius 1 is 1.12 bits per heavy atom. The van der Waals surface area contributed by atoms with Crippen LogP contribution in [-0.2, 0) is 6.54 Å². The van der Waals surface area contributed by atoms with Gasteiger partial charge in [-0.3, -0.25) is 4.98 Å². The molecule has 0 spiro atoms. The second kappa shape index (κ2) is 9.17. The molecule has 0 bridgehead atoms. The molecule has 1 aromatic rings. The number of pyridine rings is 1. The first-order valence-electron chi connectivity index (χ1n) is 6.95. The largest absolute Gasteiger partial charge is 0.311 e. The van der Waals surface area contributed by atoms with E-state index in [4.69, 9.17) is 0 Å². The van der Waals surface area contributed by atoms with Gasteiger partial charge in [0.15, 0.2) is 0 Å². The maximum atomic E-state index is 4.37. The van der Waals surface area contributed by atoms with Gasteiger partial charge in [-0.05, 0) is 31.5 Å². The summed E-state index contributed by atoms with van der Waals surface area (Å²) in [5, 5.41) is 3.47. The van der Waals surface area contributed by atoms with Crippen molar-refractivity contribution in [1.29, 1.82) is 0 Å². The molecule has 2 nitrogen and oxygen atoms in total. The van der Waals surface area contributed by atoms with E-state index in [0.29, 0.717) is 0 Å². The molecule has 0 aliphatic heterocycles. The summed E-state index contributed by atoms with van der Waals surface area (Å²) in [6.07, 6.45) is 10.0. The highest BCUT2D eigenvalue weighted by Crippen LogP contribution is 2.05. The van der Waals surface area contributed by atoms with Gasteiger partial charge >= 0.3 is 0 Å². The van der Waals surface area contributed by atoms with Crippen molar-refractivity contribution in [3.63, 3.8) is 0 Å². The summed E-state index contributed by atoms with van der Waals surface area (Å²) >= 11 is 0. The fourth-order valence-electron chi connectivity index (χ4n) is 1.94. The Bertz CT molecular complexity index is 297. The van der Waals surface area contributed by atoms with E-state index in [1.807, 2.05) is 12.3 Å². The predicted octanol–water partition coefficient (Wildman–Crippen LogP) is 3.84. The summed E-state index contributed by atoms with van der Waals surface area (Å²) in [6, 6.07) is 4.11. The number of hydrogen-bond donors (Lipinski definition) is 1. The van der Waals surface area contributed by atoms with Gasteiger partial charge in [-0.2, -0.15) is 0 Å². The van der Waals surface area contributed by atoms with E-state index >= 15 is 0 Å². The molecule has 0 aliphatic carbocycles. The summed E-state index contributed by atoms with van der Waals surface area (Å²) in [6.45, 7) is 6.40. The standard InChI is InChI=1S/C15H26N2/c1-3-4-5-6-7-8-11-16-13-15-14(2)10-9-12-17-15/h9-10,12,16H,3-8,11,13H2,1-2H3. The van der Waals surface area contributed by atoms with Gasteiger partial charge in [-0.25, -0.2) is 0 Å². The third-order valence-electron chi connectivity index (χ3n) is 3.12. The first-order chi connectivity index (χ1) is 8.34. The Kier molecular flexibility index (Phi) is 7.65. The smallest absolute Gasteiger partial charge is 0.0570 e. The van der Waals surface area contributed by atoms with E-state index in [2.05, 4.69) is 30.2 Å². The van der Waals surface area contributed by atoms with Crippen molar-refractivity contribution in [2.45, 2.75) is 58.9 Å². The number of unbranched alkanes of at least 4 members (excludes halogenated alkanes) is 5. The van der Waals surface area contributed by atoms with Crippen molar-refractivity contribution in [3.05, 3.63) is 29.6 Å². The number of aromatic nitrogens is 1. The van der Waals surface area contributed by atoms with Crippen LogP contribution in [0, 0.1) is 6.92 Å². The van der Waals surface area contributed by atoms with Crippen molar-refractivity contribution in [3.8, 4) is 0 Å². The van der Waals surface area contributed by atoms with Gasteiger partial charge in [-0.15, -0.1) is 0 Å². The summed E-state index contributed by atoms with van der Waals surface area (Å²) in [4.78, 5) is 4.37. The fourth-order valence-corrected chi connectivity index (χ4v) is 1.94. The molecule has 0 saturated heterocycles. The van der Waals surface area contributed by atoms with Crippen molar-refractivity contribution >= 4 is 0 Å². The molecular formula is C15H26N2. The lowest BCUT2D eigenvalue weighted by Gasteiger charge is -2.06. The topological polar surface area (TPSA) is 24.9 Å². The van der Waals surface area contributed by atoms with Gasteiger partial charge in [0.25, 0.3) is 0 Å². The SMILES string of the molecule is CCCCCCCCNCc1ncccc1C. The number of nitrogens with zero attached hydrogens (tertiary/aromatic N) is 1. The van der Waals surface area contributed by atoms with Crippen LogP contribution in [0.15, 0.2) is 18.3 Å². The fraction of sp³-hybridized carbons (Fsp3) is 0.667. The maximum absolute atomic E-state index is 4.37. The molecule has 17 heavy (non-hydrogen) atoms. The lowest BCUT2D eigenvalue weighted by molar-refractivity contribution is 0.568. The molecule has 0 unspecified atom stereocenters. The zero-order valence-corrected chi connectivity index (χ0v) is 11.3. The quantitative estimate of drug-likeness (QED) is 0.657. The van der Waals surface area contributed by atoms with Crippen LogP contribution >= 0.6 is 0 Å². The van der Waals surface area contributed by atoms with Crippen LogP contribution in [0.3, 0.4) is 0 Å². The minimum absolute atomic E-state index is 0.904. The van der Waals surface area contributed by atoms with Crippen molar-refractivity contribution in [2.75, 3.05) is 6.54 Å². The molecule has 1 N–H and O–H groups in total. The monoisotopic (exact) mass is 234 g/mol. The van der Waals surface area contributed by atoms with Gasteiger partial charge in [0, 0.05) is 12.7 Å². The average Bonchev–Trinajstić information content (AvgIpc) is 2.35. The molecule has 0 amide bonds. The lowest BCUT2D eigenvalue weighted by Crippen LogP contribution is -2.16. The van der Waals surface area contributed by atoms with E-state index in [1.165, 1.54) is 49.8 Å². The molecule has 0 aromatic carbocycles. The molecule has 0 aliphatic rings. The van der Waals surface area contributed by atoms with Gasteiger partial charge < -0.3 is 5.32 Å². The van der Waals surface area contributed by atoms with E-state index in [1.54, 1.807) is 0 Å². The molecular weight excluding hydrogens is 208 g/mol. The molecule has 1 rings (SSSR count). The van der Waals surface area contributed by atoms with Crippen LogP contribution in [0.5, 0.6) is 0 Å². The molecule has 1 heterocycles. The Hall–Kier alpha value is -0.890. The first-order valence-corrected chi connectivity index (χ1v) is 6.95. The van der Waals surface area contributed by atoms with E-state index < -0.39 is 0 Å². The predicted molar refractivity (Wildman–Crippen MR) is 74.1 cm³/mol. The second-order valence-electron chi connectivity index (χ2n) is 4.71. The third-order valence-corrected chi connectivity index (χ3v) is 3.12. The van der Waals surface area contributed by atoms with Crippen LogP contribution in [0.4, 0.5) is 0 Å². The summed E-state index contributed by atoms with van der Waals surface area (Å²) in [5.41, 5.74) is 2.46. The van der Waals surface area contributed by atoms with Crippen LogP contribution in [0.25, 0.3) is 0 Å². The van der Waals surface area contributed by atoms with Gasteiger partial charge in [0.2, 0.25) is 0 Å². The summed E-state index contributed by atoms with van der Waals surface area (Å²) in [7, 11) is 0. The van der Waals surface area contributed by atoms with Crippen molar-refractivity contribution in [1.82, 2.24) is 10.3 Å². The highest BCUT2D eigenvalue weighted by atomic mass is 14.9. The molecule has 1 aromatic heterocycles. The Morgan fingerprint density at radius 3 is 2.65 bits per heavy atom. The average molecular weight is 234 g/mol. The number of hydrogen-bond acceptors (Lipinski definition) is 2. The Morgan fingerprint density at radius 2 is 1.88 bits per heavy atom. The Balaban J connectivity index is 1.99. The minimum atomic E-state index is 0.904. The normalized spacial score (nSPS) is 10.7. The second-order valence-corrected chi connectivity index (χ2v) is 4.71. The molecule has 0 fully saturated rings. The highest BCUT2D eigenvalue weighted by molar-refractivity contribution is 5.17. The molecule has 96 valence electrons. The van der Waals surface area contributed by atoms with Crippen molar-refractivity contribution in [2.24, 2.45) is 0 Å². The van der Waals surface area contributed by atoms with E-state index in [9.17, 15) is 0 Å². The van der Waals surface area contributed by atoms with Gasteiger partial charge in [0.05, 0.1) is 5.69 Å². The van der Waals surface area contributed by atoms with Crippen LogP contribution in [-0.4, -0.2) is 11.5 Å². The number of aryl methyl sites for hydroxylation is 1. The number of rotatable bonds is 9. The summed E-state index contributed by atoms with van der Waals surface area (Å²) in [5.74, 6) is 0. The van der Waals surface area contributed by atoms with Gasteiger partial charge in [0.1, 0.15) is 0 Å². The Labute approximate surface area is 106 Å². The molecule has 0 saturated carbocycles. The zero-order chi connectivity index (χ0) is 12.3. The van der Waals surface area contributed by atoms with Crippen LogP contribution in [0.1, 0.15) is 56.7 Å². The molecule has 0 atom stereocenters. The minimum Gasteiger partial charge on any atom is -0.311 e. The summed E-state index contributed by atoms with van der Waals surface area (Å²) < 4.78 is 0. The molecule has 0 radical (unpaired) electrons. The first kappa shape index (κ1) is 14.2. The van der Waals surface area contributed by atoms with Crippen LogP contribution in [0.2, 0.25) is 0 Å². The number of nitrogens with one attached hydrogen (secondary N) is 1. The van der Waals surface area contributed by atoms with E-state index in [0.717, 1.165) is 13.1 Å². The zero-order valence-electron chi connectivity index (χ0n) is 11.3. The van der Waals surface area contributed by atoms with Gasteiger partial charge in [-0.1, -0.05) is 45.1 Å². The molecule has 2 heteroatoms. The van der Waals surface area contributed by atoms with Crippen LogP contribution < -0.4 is 5.32 Å². The highest BCUT2D eigenvalue weighted by Gasteiger charge is 1.97.